The predicted molar refractivity (Wildman–Crippen MR) is 103 cm³/mol. The molecule has 1 N–H and O–H groups in total. The number of nitrogens with one attached hydrogen (secondary N) is 1. The fourth-order valence-corrected chi connectivity index (χ4v) is 3.03. The molecule has 2 heterocycles. The molecule has 26 heavy (non-hydrogen) atoms. The average Bonchev–Trinajstić information content (AvgIpc) is 2.89. The molecule has 1 aromatic carbocycles. The van der Waals surface area contributed by atoms with Gasteiger partial charge in [-0.05, 0) is 38.0 Å². The molecule has 0 saturated heterocycles. The highest BCUT2D eigenvalue weighted by molar-refractivity contribution is 5.82. The maximum atomic E-state index is 12.4. The van der Waals surface area contributed by atoms with Crippen molar-refractivity contribution < 1.29 is 4.79 Å². The van der Waals surface area contributed by atoms with E-state index in [1.165, 1.54) is 5.56 Å². The lowest BCUT2D eigenvalue weighted by Crippen LogP contribution is -2.38. The first-order chi connectivity index (χ1) is 12.5. The molecule has 3 aromatic rings. The fourth-order valence-electron chi connectivity index (χ4n) is 3.03. The Morgan fingerprint density at radius 1 is 1.19 bits per heavy atom. The van der Waals surface area contributed by atoms with Crippen LogP contribution in [0.15, 0.2) is 36.5 Å². The summed E-state index contributed by atoms with van der Waals surface area (Å²) >= 11 is 0. The maximum absolute atomic E-state index is 12.4. The molecule has 0 atom stereocenters. The van der Waals surface area contributed by atoms with Gasteiger partial charge in [0, 0.05) is 37.4 Å². The summed E-state index contributed by atoms with van der Waals surface area (Å²) in [4.78, 5) is 18.5. The smallest absolute Gasteiger partial charge is 0.317 e. The standard InChI is InChI=1S/C20H25N5O/c1-14-15(2)23-25(16(14)3)12-11-22-20(26)24(4)13-18-8-5-7-17-9-6-10-21-19(17)18/h5-10H,11-13H2,1-4H3,(H,22,26). The van der Waals surface area contributed by atoms with Crippen molar-refractivity contribution >= 4 is 16.9 Å². The van der Waals surface area contributed by atoms with Gasteiger partial charge in [-0.3, -0.25) is 9.67 Å². The number of carbonyl (C=O) groups is 1. The average molecular weight is 351 g/mol. The van der Waals surface area contributed by atoms with Crippen LogP contribution < -0.4 is 5.32 Å². The zero-order valence-electron chi connectivity index (χ0n) is 15.8. The highest BCUT2D eigenvalue weighted by atomic mass is 16.2. The third-order valence-electron chi connectivity index (χ3n) is 4.81. The van der Waals surface area contributed by atoms with E-state index >= 15 is 0 Å². The molecule has 0 bridgehead atoms. The van der Waals surface area contributed by atoms with Crippen molar-refractivity contribution in [3.8, 4) is 0 Å². The van der Waals surface area contributed by atoms with E-state index < -0.39 is 0 Å². The van der Waals surface area contributed by atoms with Crippen molar-refractivity contribution in [1.29, 1.82) is 0 Å². The first-order valence-corrected chi connectivity index (χ1v) is 8.79. The Kier molecular flexibility index (Phi) is 5.21. The summed E-state index contributed by atoms with van der Waals surface area (Å²) in [5.41, 5.74) is 5.36. The number of para-hydroxylation sites is 1. The Morgan fingerprint density at radius 2 is 1.96 bits per heavy atom. The van der Waals surface area contributed by atoms with Gasteiger partial charge in [0.15, 0.2) is 0 Å². The largest absolute Gasteiger partial charge is 0.336 e. The van der Waals surface area contributed by atoms with Gasteiger partial charge in [-0.2, -0.15) is 5.10 Å². The molecule has 0 aliphatic carbocycles. The number of aryl methyl sites for hydroxylation is 1. The van der Waals surface area contributed by atoms with Gasteiger partial charge in [-0.15, -0.1) is 0 Å². The molecule has 0 aliphatic rings. The van der Waals surface area contributed by atoms with E-state index in [2.05, 4.69) is 29.2 Å². The molecule has 6 nitrogen and oxygen atoms in total. The number of urea groups is 1. The number of rotatable bonds is 5. The van der Waals surface area contributed by atoms with Crippen molar-refractivity contribution in [3.63, 3.8) is 0 Å². The lowest BCUT2D eigenvalue weighted by Gasteiger charge is -2.19. The van der Waals surface area contributed by atoms with Crippen molar-refractivity contribution in [3.05, 3.63) is 59.0 Å². The third kappa shape index (κ3) is 3.69. The number of nitrogens with zero attached hydrogens (tertiary/aromatic N) is 4. The lowest BCUT2D eigenvalue weighted by molar-refractivity contribution is 0.206. The van der Waals surface area contributed by atoms with Crippen LogP contribution in [0.1, 0.15) is 22.5 Å². The normalized spacial score (nSPS) is 10.9. The van der Waals surface area contributed by atoms with E-state index in [9.17, 15) is 4.79 Å². The minimum atomic E-state index is -0.101. The van der Waals surface area contributed by atoms with Crippen molar-refractivity contribution in [2.24, 2.45) is 0 Å². The number of hydrogen-bond donors (Lipinski definition) is 1. The zero-order chi connectivity index (χ0) is 18.7. The number of benzene rings is 1. The molecular formula is C20H25N5O. The summed E-state index contributed by atoms with van der Waals surface area (Å²) in [6, 6.07) is 9.89. The Labute approximate surface area is 153 Å². The maximum Gasteiger partial charge on any atom is 0.317 e. The molecule has 0 spiro atoms. The van der Waals surface area contributed by atoms with Crippen molar-refractivity contribution in [2.75, 3.05) is 13.6 Å². The van der Waals surface area contributed by atoms with Crippen LogP contribution in [0.4, 0.5) is 4.79 Å². The third-order valence-corrected chi connectivity index (χ3v) is 4.81. The van der Waals surface area contributed by atoms with Crippen molar-refractivity contribution in [2.45, 2.75) is 33.9 Å². The second-order valence-electron chi connectivity index (χ2n) is 6.60. The molecule has 0 unspecified atom stereocenters. The quantitative estimate of drug-likeness (QED) is 0.768. The monoisotopic (exact) mass is 351 g/mol. The first kappa shape index (κ1) is 17.9. The summed E-state index contributed by atoms with van der Waals surface area (Å²) in [5, 5.41) is 8.54. The van der Waals surface area contributed by atoms with Gasteiger partial charge in [0.2, 0.25) is 0 Å². The van der Waals surface area contributed by atoms with E-state index in [0.29, 0.717) is 19.6 Å². The Balaban J connectivity index is 1.58. The predicted octanol–water partition coefficient (Wildman–Crippen LogP) is 3.20. The SMILES string of the molecule is Cc1nn(CCNC(=O)N(C)Cc2cccc3cccnc23)c(C)c1C. The molecule has 2 aromatic heterocycles. The Morgan fingerprint density at radius 3 is 2.69 bits per heavy atom. The van der Waals surface area contributed by atoms with E-state index in [-0.39, 0.29) is 6.03 Å². The summed E-state index contributed by atoms with van der Waals surface area (Å²) in [5.74, 6) is 0. The highest BCUT2D eigenvalue weighted by Crippen LogP contribution is 2.17. The van der Waals surface area contributed by atoms with E-state index in [1.807, 2.05) is 41.9 Å². The number of pyridine rings is 1. The van der Waals surface area contributed by atoms with Gasteiger partial charge < -0.3 is 10.2 Å². The number of hydrogen-bond acceptors (Lipinski definition) is 3. The molecule has 0 saturated carbocycles. The number of carbonyl (C=O) groups excluding carboxylic acids is 1. The molecule has 2 amide bonds. The summed E-state index contributed by atoms with van der Waals surface area (Å²) in [7, 11) is 1.80. The summed E-state index contributed by atoms with van der Waals surface area (Å²) in [6.07, 6.45) is 1.78. The zero-order valence-corrected chi connectivity index (χ0v) is 15.8. The molecule has 3 rings (SSSR count). The van der Waals surface area contributed by atoms with Crippen molar-refractivity contribution in [1.82, 2.24) is 25.0 Å². The molecule has 0 radical (unpaired) electrons. The molecule has 6 heteroatoms. The van der Waals surface area contributed by atoms with Crippen LogP contribution in [0, 0.1) is 20.8 Å². The van der Waals surface area contributed by atoms with Gasteiger partial charge in [0.25, 0.3) is 0 Å². The highest BCUT2D eigenvalue weighted by Gasteiger charge is 2.12. The fraction of sp³-hybridized carbons (Fsp3) is 0.350. The number of fused-ring (bicyclic) bond motifs is 1. The molecular weight excluding hydrogens is 326 g/mol. The van der Waals surface area contributed by atoms with E-state index in [0.717, 1.165) is 27.9 Å². The van der Waals surface area contributed by atoms with Gasteiger partial charge in [0.05, 0.1) is 17.8 Å². The van der Waals surface area contributed by atoms with Crippen LogP contribution in [0.2, 0.25) is 0 Å². The van der Waals surface area contributed by atoms with Gasteiger partial charge >= 0.3 is 6.03 Å². The van der Waals surface area contributed by atoms with Crippen LogP contribution in [-0.2, 0) is 13.1 Å². The second-order valence-corrected chi connectivity index (χ2v) is 6.60. The molecule has 0 aliphatic heterocycles. The van der Waals surface area contributed by atoms with Gasteiger partial charge in [-0.1, -0.05) is 24.3 Å². The van der Waals surface area contributed by atoms with E-state index in [1.54, 1.807) is 18.1 Å². The molecule has 0 fully saturated rings. The van der Waals surface area contributed by atoms with E-state index in [4.69, 9.17) is 0 Å². The van der Waals surface area contributed by atoms with Crippen LogP contribution in [-0.4, -0.2) is 39.3 Å². The summed E-state index contributed by atoms with van der Waals surface area (Å²) in [6.45, 7) is 7.84. The number of amides is 2. The van der Waals surface area contributed by atoms with Gasteiger partial charge in [-0.25, -0.2) is 4.79 Å². The first-order valence-electron chi connectivity index (χ1n) is 8.79. The Hall–Kier alpha value is -2.89. The topological polar surface area (TPSA) is 63.1 Å². The van der Waals surface area contributed by atoms with Crippen LogP contribution in [0.25, 0.3) is 10.9 Å². The Bertz CT molecular complexity index is 926. The minimum absolute atomic E-state index is 0.101. The minimum Gasteiger partial charge on any atom is -0.336 e. The molecule has 136 valence electrons. The lowest BCUT2D eigenvalue weighted by atomic mass is 10.1. The summed E-state index contributed by atoms with van der Waals surface area (Å²) < 4.78 is 1.94. The van der Waals surface area contributed by atoms with Crippen LogP contribution in [0.5, 0.6) is 0 Å². The van der Waals surface area contributed by atoms with Crippen LogP contribution in [0.3, 0.4) is 0 Å². The second kappa shape index (κ2) is 7.56. The van der Waals surface area contributed by atoms with Gasteiger partial charge in [0.1, 0.15) is 0 Å². The number of aromatic nitrogens is 3. The van der Waals surface area contributed by atoms with Crippen LogP contribution >= 0.6 is 0 Å².